The van der Waals surface area contributed by atoms with Gasteiger partial charge in [0.2, 0.25) is 5.91 Å². The van der Waals surface area contributed by atoms with Crippen LogP contribution in [-0.2, 0) is 25.7 Å². The second-order valence-corrected chi connectivity index (χ2v) is 8.97. The van der Waals surface area contributed by atoms with Gasteiger partial charge in [-0.05, 0) is 52.0 Å². The number of nitrogens with one attached hydrogen (secondary N) is 3. The first-order valence-electron chi connectivity index (χ1n) is 10.9. The van der Waals surface area contributed by atoms with Crippen LogP contribution < -0.4 is 16.3 Å². The van der Waals surface area contributed by atoms with Crippen LogP contribution in [0.3, 0.4) is 0 Å². The number of alkyl halides is 3. The van der Waals surface area contributed by atoms with Crippen LogP contribution in [-0.4, -0.2) is 46.8 Å². The molecule has 4 amide bonds. The Balaban J connectivity index is 1.98. The summed E-state index contributed by atoms with van der Waals surface area (Å²) in [5.41, 5.74) is 5.41. The molecule has 0 radical (unpaired) electrons. The van der Waals surface area contributed by atoms with Crippen LogP contribution in [0.25, 0.3) is 0 Å². The molecule has 1 saturated carbocycles. The quantitative estimate of drug-likeness (QED) is 0.543. The number of benzene rings is 1. The first-order chi connectivity index (χ1) is 16.3. The Hall–Kier alpha value is -3.51. The average Bonchev–Trinajstić information content (AvgIpc) is 2.78. The van der Waals surface area contributed by atoms with Crippen molar-refractivity contribution in [2.45, 2.75) is 70.9 Å². The largest absolute Gasteiger partial charge is 0.472 e. The Morgan fingerprint density at radius 1 is 0.971 bits per heavy atom. The van der Waals surface area contributed by atoms with Gasteiger partial charge in [-0.1, -0.05) is 30.3 Å². The molecule has 1 aromatic carbocycles. The zero-order valence-electron chi connectivity index (χ0n) is 19.6. The summed E-state index contributed by atoms with van der Waals surface area (Å²) in [5, 5.41) is 1.01. The highest BCUT2D eigenvalue weighted by Gasteiger charge is 2.40. The van der Waals surface area contributed by atoms with Crippen LogP contribution in [0.5, 0.6) is 0 Å². The number of rotatable bonds is 4. The lowest BCUT2D eigenvalue weighted by molar-refractivity contribution is -0.175. The van der Waals surface area contributed by atoms with Gasteiger partial charge in [-0.2, -0.15) is 13.2 Å². The molecule has 1 aliphatic rings. The van der Waals surface area contributed by atoms with Crippen LogP contribution in [0.2, 0.25) is 0 Å². The fourth-order valence-electron chi connectivity index (χ4n) is 3.36. The van der Waals surface area contributed by atoms with Crippen molar-refractivity contribution in [2.75, 3.05) is 0 Å². The maximum atomic E-state index is 12.8. The lowest BCUT2D eigenvalue weighted by atomic mass is 9.85. The van der Waals surface area contributed by atoms with Gasteiger partial charge in [-0.25, -0.2) is 20.0 Å². The lowest BCUT2D eigenvalue weighted by Crippen LogP contribution is -2.55. The van der Waals surface area contributed by atoms with Gasteiger partial charge in [0, 0.05) is 5.92 Å². The van der Waals surface area contributed by atoms with Crippen molar-refractivity contribution >= 4 is 24.0 Å². The second kappa shape index (κ2) is 11.8. The van der Waals surface area contributed by atoms with Crippen molar-refractivity contribution in [3.63, 3.8) is 0 Å². The van der Waals surface area contributed by atoms with Crippen molar-refractivity contribution < 1.29 is 41.8 Å². The summed E-state index contributed by atoms with van der Waals surface area (Å²) in [4.78, 5) is 48.1. The number of carbonyl (C=O) groups excluding carboxylic acids is 4. The summed E-state index contributed by atoms with van der Waals surface area (Å²) >= 11 is 0. The number of hydrogen-bond acceptors (Lipinski definition) is 6. The van der Waals surface area contributed by atoms with E-state index in [2.05, 4.69) is 5.43 Å². The average molecular weight is 502 g/mol. The topological polar surface area (TPSA) is 126 Å². The second-order valence-electron chi connectivity index (χ2n) is 8.97. The molecule has 1 aliphatic carbocycles. The van der Waals surface area contributed by atoms with Crippen molar-refractivity contribution in [3.8, 4) is 0 Å². The van der Waals surface area contributed by atoms with Crippen molar-refractivity contribution in [1.82, 2.24) is 21.3 Å². The van der Waals surface area contributed by atoms with E-state index in [1.807, 2.05) is 6.07 Å². The fourth-order valence-corrected chi connectivity index (χ4v) is 3.36. The number of carbonyl (C=O) groups is 4. The normalized spacial score (nSPS) is 18.1. The smallest absolute Gasteiger partial charge is 0.443 e. The van der Waals surface area contributed by atoms with E-state index in [4.69, 9.17) is 9.47 Å². The number of nitrogens with zero attached hydrogens (tertiary/aromatic N) is 1. The summed E-state index contributed by atoms with van der Waals surface area (Å²) < 4.78 is 47.4. The van der Waals surface area contributed by atoms with Crippen LogP contribution >= 0.6 is 0 Å². The molecule has 0 saturated heterocycles. The predicted molar refractivity (Wildman–Crippen MR) is 116 cm³/mol. The number of halogens is 3. The minimum absolute atomic E-state index is 0.0389. The summed E-state index contributed by atoms with van der Waals surface area (Å²) in [6.45, 7) is 4.94. The van der Waals surface area contributed by atoms with Crippen LogP contribution in [0.15, 0.2) is 30.3 Å². The number of hydrazine groups is 2. The first-order valence-corrected chi connectivity index (χ1v) is 10.9. The van der Waals surface area contributed by atoms with Gasteiger partial charge in [0.1, 0.15) is 12.2 Å². The van der Waals surface area contributed by atoms with E-state index < -0.39 is 47.7 Å². The maximum Gasteiger partial charge on any atom is 0.472 e. The molecule has 0 unspecified atom stereocenters. The van der Waals surface area contributed by atoms with E-state index in [9.17, 15) is 32.3 Å². The lowest BCUT2D eigenvalue weighted by Gasteiger charge is -2.35. The summed E-state index contributed by atoms with van der Waals surface area (Å²) in [5.74, 6) is -3.75. The van der Waals surface area contributed by atoms with Gasteiger partial charge in [0.05, 0.1) is 6.04 Å². The molecule has 35 heavy (non-hydrogen) atoms. The minimum Gasteiger partial charge on any atom is -0.443 e. The Morgan fingerprint density at radius 3 is 2.11 bits per heavy atom. The van der Waals surface area contributed by atoms with Crippen LogP contribution in [0.1, 0.15) is 52.0 Å². The molecule has 10 nitrogen and oxygen atoms in total. The Morgan fingerprint density at radius 2 is 1.57 bits per heavy atom. The van der Waals surface area contributed by atoms with Crippen LogP contribution in [0.4, 0.5) is 22.8 Å². The number of ether oxygens (including phenoxy) is 2. The van der Waals surface area contributed by atoms with E-state index in [0.717, 1.165) is 10.6 Å². The SMILES string of the molecule is CC(C)(C)OC(=O)NN(C(=O)OCc1ccccc1)C1CCC(C(=O)NNC(=O)C(F)(F)F)CC1. The molecule has 13 heteroatoms. The Labute approximate surface area is 200 Å². The third-order valence-electron chi connectivity index (χ3n) is 5.00. The molecule has 0 spiro atoms. The molecule has 0 bridgehead atoms. The molecule has 1 fully saturated rings. The maximum absolute atomic E-state index is 12.8. The third kappa shape index (κ3) is 9.33. The fraction of sp³-hybridized carbons (Fsp3) is 0.545. The van der Waals surface area contributed by atoms with Gasteiger partial charge in [-0.15, -0.1) is 0 Å². The van der Waals surface area contributed by atoms with Crippen molar-refractivity contribution in [2.24, 2.45) is 5.92 Å². The molecule has 0 atom stereocenters. The van der Waals surface area contributed by atoms with E-state index in [-0.39, 0.29) is 32.3 Å². The van der Waals surface area contributed by atoms with Crippen molar-refractivity contribution in [3.05, 3.63) is 35.9 Å². The molecule has 3 N–H and O–H groups in total. The third-order valence-corrected chi connectivity index (χ3v) is 5.00. The zero-order chi connectivity index (χ0) is 26.2. The standard InChI is InChI=1S/C22H29F3N4O6/c1-21(2,3)35-19(32)28-29(20(33)34-13-14-7-5-4-6-8-14)16-11-9-15(10-12-16)17(30)26-27-18(31)22(23,24)25/h4-8,15-16H,9-13H2,1-3H3,(H,26,30)(H,27,31)(H,28,32). The highest BCUT2D eigenvalue weighted by molar-refractivity contribution is 5.86. The molecule has 0 heterocycles. The summed E-state index contributed by atoms with van der Waals surface area (Å²) in [7, 11) is 0. The summed E-state index contributed by atoms with van der Waals surface area (Å²) in [6.07, 6.45) is -5.97. The van der Waals surface area contributed by atoms with E-state index in [1.54, 1.807) is 50.5 Å². The first kappa shape index (κ1) is 27.7. The summed E-state index contributed by atoms with van der Waals surface area (Å²) in [6, 6.07) is 8.34. The molecule has 194 valence electrons. The van der Waals surface area contributed by atoms with Gasteiger partial charge >= 0.3 is 24.3 Å². The molecule has 0 aliphatic heterocycles. The molecule has 0 aromatic heterocycles. The monoisotopic (exact) mass is 502 g/mol. The van der Waals surface area contributed by atoms with Gasteiger partial charge < -0.3 is 9.47 Å². The highest BCUT2D eigenvalue weighted by atomic mass is 19.4. The predicted octanol–water partition coefficient (Wildman–Crippen LogP) is 3.33. The minimum atomic E-state index is -5.13. The number of hydrogen-bond donors (Lipinski definition) is 3. The molecule has 2 rings (SSSR count). The Bertz CT molecular complexity index is 897. The van der Waals surface area contributed by atoms with Crippen molar-refractivity contribution in [1.29, 1.82) is 0 Å². The molecular formula is C22H29F3N4O6. The highest BCUT2D eigenvalue weighted by Crippen LogP contribution is 2.28. The van der Waals surface area contributed by atoms with E-state index in [0.29, 0.717) is 0 Å². The molecule has 1 aromatic rings. The van der Waals surface area contributed by atoms with Crippen LogP contribution in [0, 0.1) is 5.92 Å². The van der Waals surface area contributed by atoms with Gasteiger partial charge in [0.15, 0.2) is 0 Å². The Kier molecular flexibility index (Phi) is 9.32. The van der Waals surface area contributed by atoms with E-state index >= 15 is 0 Å². The number of amides is 4. The zero-order valence-corrected chi connectivity index (χ0v) is 19.6. The van der Waals surface area contributed by atoms with Gasteiger partial charge in [-0.3, -0.25) is 20.4 Å². The molecular weight excluding hydrogens is 473 g/mol. The van der Waals surface area contributed by atoms with Gasteiger partial charge in [0.25, 0.3) is 0 Å². The van der Waals surface area contributed by atoms with E-state index in [1.165, 1.54) is 5.43 Å².